The van der Waals surface area contributed by atoms with Crippen molar-refractivity contribution in [2.75, 3.05) is 31.6 Å². The largest absolute Gasteiger partial charge is 0.382 e. The first kappa shape index (κ1) is 24.7. The standard InChI is InChI=1S/C19H32N4O2.HI/c1-4-9-18(24)23-17-11-7-10-16(14-17)15-22-19(20-5-2)21-12-8-13-25-6-3;/h7,10-11,14H,4-6,8-9,12-13,15H2,1-3H3,(H,23,24)(H2,20,21,22);1H. The van der Waals surface area contributed by atoms with Crippen LogP contribution in [-0.2, 0) is 16.1 Å². The van der Waals surface area contributed by atoms with Crippen molar-refractivity contribution in [1.82, 2.24) is 10.6 Å². The zero-order valence-corrected chi connectivity index (χ0v) is 18.5. The Kier molecular flexibility index (Phi) is 15.0. The summed E-state index contributed by atoms with van der Waals surface area (Å²) in [5.74, 6) is 0.840. The molecule has 0 saturated carbocycles. The van der Waals surface area contributed by atoms with Crippen LogP contribution in [0.2, 0.25) is 0 Å². The van der Waals surface area contributed by atoms with Crippen LogP contribution < -0.4 is 16.0 Å². The summed E-state index contributed by atoms with van der Waals surface area (Å²) in [6, 6.07) is 7.82. The monoisotopic (exact) mass is 476 g/mol. The molecule has 6 nitrogen and oxygen atoms in total. The minimum Gasteiger partial charge on any atom is -0.382 e. The highest BCUT2D eigenvalue weighted by molar-refractivity contribution is 14.0. The molecule has 0 saturated heterocycles. The van der Waals surface area contributed by atoms with E-state index >= 15 is 0 Å². The molecular weight excluding hydrogens is 443 g/mol. The summed E-state index contributed by atoms with van der Waals surface area (Å²) in [6.07, 6.45) is 2.33. The lowest BCUT2D eigenvalue weighted by Crippen LogP contribution is -2.38. The second kappa shape index (κ2) is 15.9. The molecule has 1 rings (SSSR count). The number of aliphatic imine (C=N–C) groups is 1. The van der Waals surface area contributed by atoms with Gasteiger partial charge in [0.2, 0.25) is 5.91 Å². The number of ether oxygens (including phenoxy) is 1. The predicted octanol–water partition coefficient (Wildman–Crippen LogP) is 3.52. The molecule has 148 valence electrons. The Bertz CT molecular complexity index is 538. The third-order valence-electron chi connectivity index (χ3n) is 3.41. The van der Waals surface area contributed by atoms with Gasteiger partial charge in [-0.05, 0) is 44.4 Å². The topological polar surface area (TPSA) is 74.8 Å². The van der Waals surface area contributed by atoms with Crippen LogP contribution in [0.25, 0.3) is 0 Å². The van der Waals surface area contributed by atoms with E-state index in [4.69, 9.17) is 4.74 Å². The van der Waals surface area contributed by atoms with E-state index in [1.165, 1.54) is 0 Å². The quantitative estimate of drug-likeness (QED) is 0.198. The molecule has 0 aliphatic carbocycles. The van der Waals surface area contributed by atoms with Gasteiger partial charge in [0.05, 0.1) is 6.54 Å². The molecular formula is C19H33IN4O2. The van der Waals surface area contributed by atoms with Crippen LogP contribution >= 0.6 is 24.0 Å². The lowest BCUT2D eigenvalue weighted by molar-refractivity contribution is -0.116. The van der Waals surface area contributed by atoms with Gasteiger partial charge in [-0.2, -0.15) is 0 Å². The van der Waals surface area contributed by atoms with Crippen LogP contribution in [-0.4, -0.2) is 38.2 Å². The van der Waals surface area contributed by atoms with Crippen molar-refractivity contribution in [3.8, 4) is 0 Å². The van der Waals surface area contributed by atoms with Crippen molar-refractivity contribution in [2.24, 2.45) is 4.99 Å². The van der Waals surface area contributed by atoms with Crippen molar-refractivity contribution in [1.29, 1.82) is 0 Å². The number of carbonyl (C=O) groups is 1. The van der Waals surface area contributed by atoms with Gasteiger partial charge in [-0.3, -0.25) is 4.79 Å². The van der Waals surface area contributed by atoms with Crippen LogP contribution in [0.15, 0.2) is 29.3 Å². The molecule has 0 bridgehead atoms. The number of rotatable bonds is 11. The number of guanidine groups is 1. The van der Waals surface area contributed by atoms with Gasteiger partial charge in [-0.15, -0.1) is 24.0 Å². The molecule has 26 heavy (non-hydrogen) atoms. The fourth-order valence-electron chi connectivity index (χ4n) is 2.24. The lowest BCUT2D eigenvalue weighted by Gasteiger charge is -2.11. The molecule has 0 heterocycles. The number of hydrogen-bond acceptors (Lipinski definition) is 3. The minimum atomic E-state index is 0. The van der Waals surface area contributed by atoms with Crippen LogP contribution in [0.5, 0.6) is 0 Å². The van der Waals surface area contributed by atoms with Gasteiger partial charge in [-0.1, -0.05) is 19.1 Å². The van der Waals surface area contributed by atoms with Gasteiger partial charge in [0.25, 0.3) is 0 Å². The number of nitrogens with one attached hydrogen (secondary N) is 3. The van der Waals surface area contributed by atoms with Gasteiger partial charge in [0, 0.05) is 38.4 Å². The average Bonchev–Trinajstić information content (AvgIpc) is 2.60. The first-order valence-corrected chi connectivity index (χ1v) is 9.18. The van der Waals surface area contributed by atoms with Crippen molar-refractivity contribution in [3.63, 3.8) is 0 Å². The van der Waals surface area contributed by atoms with Crippen molar-refractivity contribution < 1.29 is 9.53 Å². The SMILES string of the molecule is CCCC(=O)Nc1cccc(CN=C(NCC)NCCCOCC)c1.I. The summed E-state index contributed by atoms with van der Waals surface area (Å²) in [5, 5.41) is 9.46. The Morgan fingerprint density at radius 1 is 1.19 bits per heavy atom. The number of hydrogen-bond donors (Lipinski definition) is 3. The maximum Gasteiger partial charge on any atom is 0.224 e. The molecule has 0 radical (unpaired) electrons. The summed E-state index contributed by atoms with van der Waals surface area (Å²) >= 11 is 0. The Morgan fingerprint density at radius 3 is 2.69 bits per heavy atom. The molecule has 1 amide bonds. The third kappa shape index (κ3) is 11.3. The van der Waals surface area contributed by atoms with Gasteiger partial charge < -0.3 is 20.7 Å². The fraction of sp³-hybridized carbons (Fsp3) is 0.579. The number of carbonyl (C=O) groups excluding carboxylic acids is 1. The molecule has 1 aromatic rings. The zero-order valence-electron chi connectivity index (χ0n) is 16.1. The molecule has 0 unspecified atom stereocenters. The van der Waals surface area contributed by atoms with Crippen LogP contribution in [0.3, 0.4) is 0 Å². The van der Waals surface area contributed by atoms with Crippen LogP contribution in [0, 0.1) is 0 Å². The van der Waals surface area contributed by atoms with Gasteiger partial charge in [-0.25, -0.2) is 4.99 Å². The van der Waals surface area contributed by atoms with Gasteiger partial charge in [0.1, 0.15) is 0 Å². The Morgan fingerprint density at radius 2 is 2.00 bits per heavy atom. The molecule has 1 aromatic carbocycles. The van der Waals surface area contributed by atoms with Crippen LogP contribution in [0.1, 0.15) is 45.6 Å². The highest BCUT2D eigenvalue weighted by Crippen LogP contribution is 2.12. The molecule has 0 atom stereocenters. The maximum absolute atomic E-state index is 11.7. The summed E-state index contributed by atoms with van der Waals surface area (Å²) in [6.45, 7) is 9.72. The van der Waals surface area contributed by atoms with Crippen LogP contribution in [0.4, 0.5) is 5.69 Å². The number of anilines is 1. The molecule has 0 aliphatic heterocycles. The second-order valence-corrected chi connectivity index (χ2v) is 5.67. The Hall–Kier alpha value is -1.35. The van der Waals surface area contributed by atoms with E-state index in [0.29, 0.717) is 13.0 Å². The summed E-state index contributed by atoms with van der Waals surface area (Å²) < 4.78 is 5.33. The van der Waals surface area contributed by atoms with E-state index in [0.717, 1.165) is 56.4 Å². The summed E-state index contributed by atoms with van der Waals surface area (Å²) in [4.78, 5) is 16.3. The fourth-order valence-corrected chi connectivity index (χ4v) is 2.24. The summed E-state index contributed by atoms with van der Waals surface area (Å²) in [7, 11) is 0. The normalized spacial score (nSPS) is 10.8. The number of benzene rings is 1. The van der Waals surface area contributed by atoms with Crippen molar-refractivity contribution in [3.05, 3.63) is 29.8 Å². The van der Waals surface area contributed by atoms with E-state index in [9.17, 15) is 4.79 Å². The minimum absolute atomic E-state index is 0. The molecule has 7 heteroatoms. The second-order valence-electron chi connectivity index (χ2n) is 5.67. The highest BCUT2D eigenvalue weighted by atomic mass is 127. The smallest absolute Gasteiger partial charge is 0.224 e. The number of halogens is 1. The van der Waals surface area contributed by atoms with E-state index in [1.54, 1.807) is 0 Å². The Balaban J connectivity index is 0.00000625. The molecule has 3 N–H and O–H groups in total. The molecule has 0 aromatic heterocycles. The predicted molar refractivity (Wildman–Crippen MR) is 119 cm³/mol. The summed E-state index contributed by atoms with van der Waals surface area (Å²) in [5.41, 5.74) is 1.88. The molecule has 0 fully saturated rings. The first-order valence-electron chi connectivity index (χ1n) is 9.18. The molecule has 0 spiro atoms. The zero-order chi connectivity index (χ0) is 18.3. The van der Waals surface area contributed by atoms with Gasteiger partial charge >= 0.3 is 0 Å². The lowest BCUT2D eigenvalue weighted by atomic mass is 10.2. The third-order valence-corrected chi connectivity index (χ3v) is 3.41. The maximum atomic E-state index is 11.7. The van der Waals surface area contributed by atoms with E-state index in [2.05, 4.69) is 20.9 Å². The van der Waals surface area contributed by atoms with E-state index in [1.807, 2.05) is 45.0 Å². The molecule has 0 aliphatic rings. The number of amides is 1. The first-order chi connectivity index (χ1) is 12.2. The van der Waals surface area contributed by atoms with E-state index in [-0.39, 0.29) is 29.9 Å². The van der Waals surface area contributed by atoms with E-state index < -0.39 is 0 Å². The van der Waals surface area contributed by atoms with Gasteiger partial charge in [0.15, 0.2) is 5.96 Å². The Labute approximate surface area is 174 Å². The highest BCUT2D eigenvalue weighted by Gasteiger charge is 2.02. The number of nitrogens with zero attached hydrogens (tertiary/aromatic N) is 1. The van der Waals surface area contributed by atoms with Crippen molar-refractivity contribution >= 4 is 41.5 Å². The average molecular weight is 476 g/mol. The van der Waals surface area contributed by atoms with Crippen molar-refractivity contribution in [2.45, 2.75) is 46.6 Å².